The van der Waals surface area contributed by atoms with Crippen LogP contribution >= 0.6 is 0 Å². The summed E-state index contributed by atoms with van der Waals surface area (Å²) in [6.45, 7) is 8.62. The van der Waals surface area contributed by atoms with Gasteiger partial charge >= 0.3 is 0 Å². The summed E-state index contributed by atoms with van der Waals surface area (Å²) in [6.07, 6.45) is 8.76. The molecule has 2 unspecified atom stereocenters. The molecule has 1 N–H and O–H groups in total. The standard InChI is InChI=1S/C16H33NO2/c1-5-16(6-2,18-4)15(17-7-3)12-8-10-14-11-9-13-19-14/h14-15,17H,5-13H2,1-4H3. The third-order valence-corrected chi connectivity index (χ3v) is 4.73. The lowest BCUT2D eigenvalue weighted by Crippen LogP contribution is -2.51. The van der Waals surface area contributed by atoms with Crippen molar-refractivity contribution >= 4 is 0 Å². The molecule has 0 bridgehead atoms. The first-order chi connectivity index (χ1) is 9.22. The van der Waals surface area contributed by atoms with E-state index in [9.17, 15) is 0 Å². The number of likely N-dealkylation sites (N-methyl/N-ethyl adjacent to an activating group) is 1. The summed E-state index contributed by atoms with van der Waals surface area (Å²) in [5, 5.41) is 3.64. The van der Waals surface area contributed by atoms with Crippen LogP contribution in [0.4, 0.5) is 0 Å². The van der Waals surface area contributed by atoms with Crippen LogP contribution in [-0.2, 0) is 9.47 Å². The highest BCUT2D eigenvalue weighted by Gasteiger charge is 2.34. The molecule has 3 heteroatoms. The molecule has 2 atom stereocenters. The third kappa shape index (κ3) is 4.73. The maximum absolute atomic E-state index is 5.88. The largest absolute Gasteiger partial charge is 0.378 e. The zero-order valence-corrected chi connectivity index (χ0v) is 13.3. The van der Waals surface area contributed by atoms with E-state index >= 15 is 0 Å². The van der Waals surface area contributed by atoms with Gasteiger partial charge in [-0.15, -0.1) is 0 Å². The Hall–Kier alpha value is -0.120. The molecule has 3 nitrogen and oxygen atoms in total. The van der Waals surface area contributed by atoms with Crippen LogP contribution in [-0.4, -0.2) is 38.0 Å². The Bertz CT molecular complexity index is 215. The van der Waals surface area contributed by atoms with Gasteiger partial charge in [0.25, 0.3) is 0 Å². The summed E-state index contributed by atoms with van der Waals surface area (Å²) in [6, 6.07) is 0.457. The number of ether oxygens (including phenoxy) is 2. The fourth-order valence-corrected chi connectivity index (χ4v) is 3.39. The maximum atomic E-state index is 5.88. The minimum atomic E-state index is -0.00740. The van der Waals surface area contributed by atoms with Gasteiger partial charge in [-0.05, 0) is 51.5 Å². The van der Waals surface area contributed by atoms with E-state index in [1.54, 1.807) is 0 Å². The molecule has 0 aromatic rings. The highest BCUT2D eigenvalue weighted by molar-refractivity contribution is 4.91. The van der Waals surface area contributed by atoms with Gasteiger partial charge in [0.1, 0.15) is 0 Å². The molecule has 0 aliphatic carbocycles. The van der Waals surface area contributed by atoms with Crippen molar-refractivity contribution in [2.24, 2.45) is 0 Å². The van der Waals surface area contributed by atoms with Gasteiger partial charge in [0.2, 0.25) is 0 Å². The van der Waals surface area contributed by atoms with Gasteiger partial charge in [-0.2, -0.15) is 0 Å². The summed E-state index contributed by atoms with van der Waals surface area (Å²) < 4.78 is 11.6. The molecule has 0 saturated carbocycles. The van der Waals surface area contributed by atoms with Crippen LogP contribution in [0.5, 0.6) is 0 Å². The van der Waals surface area contributed by atoms with E-state index in [0.717, 1.165) is 26.0 Å². The second kappa shape index (κ2) is 8.93. The van der Waals surface area contributed by atoms with Crippen LogP contribution in [0, 0.1) is 0 Å². The van der Waals surface area contributed by atoms with Crippen LogP contribution < -0.4 is 5.32 Å². The van der Waals surface area contributed by atoms with Gasteiger partial charge in [0.05, 0.1) is 11.7 Å². The quantitative estimate of drug-likeness (QED) is 0.659. The first-order valence-corrected chi connectivity index (χ1v) is 8.12. The van der Waals surface area contributed by atoms with E-state index in [1.165, 1.54) is 32.1 Å². The zero-order valence-electron chi connectivity index (χ0n) is 13.3. The third-order valence-electron chi connectivity index (χ3n) is 4.73. The molecule has 1 saturated heterocycles. The average Bonchev–Trinajstić information content (AvgIpc) is 2.94. The summed E-state index contributed by atoms with van der Waals surface area (Å²) in [7, 11) is 1.86. The van der Waals surface area contributed by atoms with Crippen LogP contribution in [0.25, 0.3) is 0 Å². The predicted molar refractivity (Wildman–Crippen MR) is 80.6 cm³/mol. The molecule has 1 fully saturated rings. The van der Waals surface area contributed by atoms with Gasteiger partial charge in [-0.1, -0.05) is 20.8 Å². The highest BCUT2D eigenvalue weighted by atomic mass is 16.5. The number of rotatable bonds is 10. The molecule has 0 aromatic heterocycles. The van der Waals surface area contributed by atoms with E-state index in [-0.39, 0.29) is 5.60 Å². The Morgan fingerprint density at radius 2 is 2.05 bits per heavy atom. The highest BCUT2D eigenvalue weighted by Crippen LogP contribution is 2.28. The lowest BCUT2D eigenvalue weighted by molar-refractivity contribution is -0.0501. The van der Waals surface area contributed by atoms with E-state index in [2.05, 4.69) is 26.1 Å². The van der Waals surface area contributed by atoms with Crippen molar-refractivity contribution in [1.29, 1.82) is 0 Å². The van der Waals surface area contributed by atoms with Crippen LogP contribution in [0.15, 0.2) is 0 Å². The second-order valence-electron chi connectivity index (χ2n) is 5.65. The number of hydrogen-bond donors (Lipinski definition) is 1. The number of methoxy groups -OCH3 is 1. The summed E-state index contributed by atoms with van der Waals surface area (Å²) >= 11 is 0. The molecule has 1 aliphatic heterocycles. The van der Waals surface area contributed by atoms with Crippen molar-refractivity contribution < 1.29 is 9.47 Å². The Kier molecular flexibility index (Phi) is 7.96. The monoisotopic (exact) mass is 271 g/mol. The Morgan fingerprint density at radius 3 is 2.53 bits per heavy atom. The van der Waals surface area contributed by atoms with E-state index in [1.807, 2.05) is 7.11 Å². The Balaban J connectivity index is 2.45. The minimum Gasteiger partial charge on any atom is -0.378 e. The van der Waals surface area contributed by atoms with Crippen molar-refractivity contribution in [2.75, 3.05) is 20.3 Å². The normalized spacial score (nSPS) is 21.8. The SMILES string of the molecule is CCNC(CCCC1CCCO1)C(CC)(CC)OC. The molecule has 1 rings (SSSR count). The van der Waals surface area contributed by atoms with Crippen molar-refractivity contribution in [3.05, 3.63) is 0 Å². The Morgan fingerprint density at radius 1 is 1.32 bits per heavy atom. The lowest BCUT2D eigenvalue weighted by atomic mass is 9.84. The molecule has 114 valence electrons. The van der Waals surface area contributed by atoms with Gasteiger partial charge in [0, 0.05) is 19.8 Å². The average molecular weight is 271 g/mol. The van der Waals surface area contributed by atoms with Gasteiger partial charge < -0.3 is 14.8 Å². The van der Waals surface area contributed by atoms with Crippen LogP contribution in [0.2, 0.25) is 0 Å². The smallest absolute Gasteiger partial charge is 0.0825 e. The zero-order chi connectivity index (χ0) is 14.1. The van der Waals surface area contributed by atoms with Gasteiger partial charge in [0.15, 0.2) is 0 Å². The maximum Gasteiger partial charge on any atom is 0.0825 e. The predicted octanol–water partition coefficient (Wildman–Crippen LogP) is 3.52. The molecule has 0 amide bonds. The van der Waals surface area contributed by atoms with Crippen LogP contribution in [0.1, 0.15) is 65.7 Å². The molecule has 1 heterocycles. The van der Waals surface area contributed by atoms with E-state index in [0.29, 0.717) is 12.1 Å². The molecule has 0 radical (unpaired) electrons. The first-order valence-electron chi connectivity index (χ1n) is 8.12. The summed E-state index contributed by atoms with van der Waals surface area (Å²) in [5.41, 5.74) is -0.00740. The van der Waals surface area contributed by atoms with Crippen molar-refractivity contribution in [2.45, 2.75) is 83.5 Å². The summed E-state index contributed by atoms with van der Waals surface area (Å²) in [4.78, 5) is 0. The van der Waals surface area contributed by atoms with Crippen molar-refractivity contribution in [1.82, 2.24) is 5.32 Å². The fourth-order valence-electron chi connectivity index (χ4n) is 3.39. The first kappa shape index (κ1) is 16.9. The van der Waals surface area contributed by atoms with Gasteiger partial charge in [-0.3, -0.25) is 0 Å². The van der Waals surface area contributed by atoms with E-state index in [4.69, 9.17) is 9.47 Å². The minimum absolute atomic E-state index is 0.00740. The molecule has 0 spiro atoms. The molecular formula is C16H33NO2. The molecular weight excluding hydrogens is 238 g/mol. The lowest BCUT2D eigenvalue weighted by Gasteiger charge is -2.39. The van der Waals surface area contributed by atoms with Crippen LogP contribution in [0.3, 0.4) is 0 Å². The van der Waals surface area contributed by atoms with Crippen molar-refractivity contribution in [3.8, 4) is 0 Å². The number of hydrogen-bond acceptors (Lipinski definition) is 3. The molecule has 19 heavy (non-hydrogen) atoms. The number of nitrogens with one attached hydrogen (secondary N) is 1. The molecule has 1 aliphatic rings. The topological polar surface area (TPSA) is 30.5 Å². The van der Waals surface area contributed by atoms with Crippen molar-refractivity contribution in [3.63, 3.8) is 0 Å². The van der Waals surface area contributed by atoms with Gasteiger partial charge in [-0.25, -0.2) is 0 Å². The summed E-state index contributed by atoms with van der Waals surface area (Å²) in [5.74, 6) is 0. The second-order valence-corrected chi connectivity index (χ2v) is 5.65. The fraction of sp³-hybridized carbons (Fsp3) is 1.00. The van der Waals surface area contributed by atoms with E-state index < -0.39 is 0 Å². The Labute approximate surface area is 119 Å². The molecule has 0 aromatic carbocycles.